The highest BCUT2D eigenvalue weighted by Crippen LogP contribution is 2.20. The third-order valence-corrected chi connectivity index (χ3v) is 2.49. The Balaban J connectivity index is 2.49. The molecule has 15 heavy (non-hydrogen) atoms. The summed E-state index contributed by atoms with van der Waals surface area (Å²) in [6.45, 7) is 2.11. The molecule has 0 fully saturated rings. The Morgan fingerprint density at radius 3 is 2.47 bits per heavy atom. The molecular formula is C12H18N2O. The maximum atomic E-state index is 10.7. The van der Waals surface area contributed by atoms with Gasteiger partial charge in [-0.25, -0.2) is 0 Å². The van der Waals surface area contributed by atoms with E-state index in [0.29, 0.717) is 5.92 Å². The molecule has 1 aromatic rings. The molecule has 2 unspecified atom stereocenters. The van der Waals surface area contributed by atoms with Gasteiger partial charge in [-0.1, -0.05) is 37.3 Å². The third kappa shape index (κ3) is 4.13. The summed E-state index contributed by atoms with van der Waals surface area (Å²) in [5.41, 5.74) is 12.1. The van der Waals surface area contributed by atoms with Gasteiger partial charge in [-0.3, -0.25) is 4.79 Å². The van der Waals surface area contributed by atoms with Crippen LogP contribution in [0.3, 0.4) is 0 Å². The second-order valence-electron chi connectivity index (χ2n) is 3.98. The normalized spacial score (nSPS) is 14.5. The lowest BCUT2D eigenvalue weighted by Crippen LogP contribution is -2.28. The number of carbonyl (C=O) groups excluding carboxylic acids is 1. The van der Waals surface area contributed by atoms with Gasteiger partial charge in [0.15, 0.2) is 0 Å². The van der Waals surface area contributed by atoms with Crippen LogP contribution in [0.25, 0.3) is 0 Å². The summed E-state index contributed by atoms with van der Waals surface area (Å²) in [6.07, 6.45) is 1.05. The molecule has 0 saturated heterocycles. The van der Waals surface area contributed by atoms with Crippen LogP contribution in [0, 0.1) is 0 Å². The largest absolute Gasteiger partial charge is 0.370 e. The number of hydrogen-bond donors (Lipinski definition) is 2. The van der Waals surface area contributed by atoms with Crippen LogP contribution in [0.5, 0.6) is 0 Å². The number of amides is 1. The van der Waals surface area contributed by atoms with E-state index in [1.54, 1.807) is 0 Å². The van der Waals surface area contributed by atoms with E-state index in [1.807, 2.05) is 18.2 Å². The monoisotopic (exact) mass is 206 g/mol. The molecule has 1 rings (SSSR count). The van der Waals surface area contributed by atoms with Crippen LogP contribution in [0.2, 0.25) is 0 Å². The van der Waals surface area contributed by atoms with Gasteiger partial charge in [0.1, 0.15) is 0 Å². The summed E-state index contributed by atoms with van der Waals surface area (Å²) < 4.78 is 0. The smallest absolute Gasteiger partial charge is 0.218 e. The minimum absolute atomic E-state index is 0.141. The highest BCUT2D eigenvalue weighted by molar-refractivity contribution is 5.74. The predicted octanol–water partition coefficient (Wildman–Crippen LogP) is 1.38. The van der Waals surface area contributed by atoms with E-state index in [9.17, 15) is 4.79 Å². The van der Waals surface area contributed by atoms with E-state index < -0.39 is 0 Å². The Morgan fingerprint density at radius 2 is 1.93 bits per heavy atom. The molecule has 0 radical (unpaired) electrons. The number of rotatable bonds is 5. The zero-order chi connectivity index (χ0) is 11.3. The average molecular weight is 206 g/mol. The van der Waals surface area contributed by atoms with Crippen molar-refractivity contribution in [2.45, 2.75) is 31.7 Å². The maximum absolute atomic E-state index is 10.7. The van der Waals surface area contributed by atoms with Crippen molar-refractivity contribution >= 4 is 5.91 Å². The standard InChI is InChI=1S/C12H18N2O/c1-9(7-11(13)8-12(14)15)10-5-3-2-4-6-10/h2-6,9,11H,7-8,13H2,1H3,(H2,14,15). The Bertz CT molecular complexity index is 311. The van der Waals surface area contributed by atoms with Crippen LogP contribution in [-0.4, -0.2) is 11.9 Å². The van der Waals surface area contributed by atoms with Crippen molar-refractivity contribution in [2.24, 2.45) is 11.5 Å². The van der Waals surface area contributed by atoms with Crippen LogP contribution in [0.4, 0.5) is 0 Å². The Labute approximate surface area is 90.5 Å². The minimum Gasteiger partial charge on any atom is -0.370 e. The van der Waals surface area contributed by atoms with E-state index in [-0.39, 0.29) is 18.4 Å². The lowest BCUT2D eigenvalue weighted by atomic mass is 9.93. The first-order chi connectivity index (χ1) is 7.09. The minimum atomic E-state index is -0.331. The van der Waals surface area contributed by atoms with Gasteiger partial charge in [0.25, 0.3) is 0 Å². The molecule has 0 aromatic heterocycles. The van der Waals surface area contributed by atoms with Gasteiger partial charge < -0.3 is 11.5 Å². The van der Waals surface area contributed by atoms with E-state index in [4.69, 9.17) is 11.5 Å². The average Bonchev–Trinajstić information content (AvgIpc) is 2.17. The van der Waals surface area contributed by atoms with Gasteiger partial charge in [-0.15, -0.1) is 0 Å². The van der Waals surface area contributed by atoms with Crippen molar-refractivity contribution in [1.29, 1.82) is 0 Å². The first-order valence-electron chi connectivity index (χ1n) is 5.18. The molecule has 2 atom stereocenters. The molecule has 0 spiro atoms. The number of carbonyl (C=O) groups is 1. The molecule has 0 aliphatic rings. The van der Waals surface area contributed by atoms with Gasteiger partial charge in [0, 0.05) is 12.5 Å². The molecular weight excluding hydrogens is 188 g/mol. The molecule has 4 N–H and O–H groups in total. The molecule has 3 nitrogen and oxygen atoms in total. The molecule has 3 heteroatoms. The molecule has 0 heterocycles. The van der Waals surface area contributed by atoms with Crippen molar-refractivity contribution in [2.75, 3.05) is 0 Å². The van der Waals surface area contributed by atoms with Crippen LogP contribution in [0.15, 0.2) is 30.3 Å². The second-order valence-corrected chi connectivity index (χ2v) is 3.98. The lowest BCUT2D eigenvalue weighted by Gasteiger charge is -2.16. The molecule has 82 valence electrons. The summed E-state index contributed by atoms with van der Waals surface area (Å²) >= 11 is 0. The Morgan fingerprint density at radius 1 is 1.33 bits per heavy atom. The fourth-order valence-electron chi connectivity index (χ4n) is 1.71. The van der Waals surface area contributed by atoms with Crippen molar-refractivity contribution in [1.82, 2.24) is 0 Å². The second kappa shape index (κ2) is 5.51. The third-order valence-electron chi connectivity index (χ3n) is 2.49. The van der Waals surface area contributed by atoms with Gasteiger partial charge in [-0.2, -0.15) is 0 Å². The van der Waals surface area contributed by atoms with Crippen molar-refractivity contribution in [3.05, 3.63) is 35.9 Å². The number of primary amides is 1. The molecule has 0 aliphatic heterocycles. The zero-order valence-corrected chi connectivity index (χ0v) is 9.02. The van der Waals surface area contributed by atoms with Crippen LogP contribution in [-0.2, 0) is 4.79 Å². The van der Waals surface area contributed by atoms with E-state index in [1.165, 1.54) is 5.56 Å². The SMILES string of the molecule is CC(CC(N)CC(N)=O)c1ccccc1. The van der Waals surface area contributed by atoms with E-state index in [0.717, 1.165) is 6.42 Å². The summed E-state index contributed by atoms with van der Waals surface area (Å²) in [5.74, 6) is 0.0308. The van der Waals surface area contributed by atoms with Gasteiger partial charge in [-0.05, 0) is 17.9 Å². The number of benzene rings is 1. The van der Waals surface area contributed by atoms with Gasteiger partial charge in [0.2, 0.25) is 5.91 Å². The Kier molecular flexibility index (Phi) is 4.31. The fraction of sp³-hybridized carbons (Fsp3) is 0.417. The predicted molar refractivity (Wildman–Crippen MR) is 61.3 cm³/mol. The highest BCUT2D eigenvalue weighted by atomic mass is 16.1. The first-order valence-corrected chi connectivity index (χ1v) is 5.18. The first kappa shape index (κ1) is 11.7. The highest BCUT2D eigenvalue weighted by Gasteiger charge is 2.12. The summed E-state index contributed by atoms with van der Waals surface area (Å²) in [7, 11) is 0. The van der Waals surface area contributed by atoms with Crippen molar-refractivity contribution in [3.63, 3.8) is 0 Å². The number of hydrogen-bond acceptors (Lipinski definition) is 2. The number of nitrogens with two attached hydrogens (primary N) is 2. The lowest BCUT2D eigenvalue weighted by molar-refractivity contribution is -0.118. The fourth-order valence-corrected chi connectivity index (χ4v) is 1.71. The van der Waals surface area contributed by atoms with E-state index in [2.05, 4.69) is 19.1 Å². The van der Waals surface area contributed by atoms with Crippen LogP contribution >= 0.6 is 0 Å². The molecule has 1 aromatic carbocycles. The zero-order valence-electron chi connectivity index (χ0n) is 9.02. The molecule has 1 amide bonds. The quantitative estimate of drug-likeness (QED) is 0.764. The molecule has 0 bridgehead atoms. The summed E-state index contributed by atoms with van der Waals surface area (Å²) in [5, 5.41) is 0. The topological polar surface area (TPSA) is 69.1 Å². The van der Waals surface area contributed by atoms with Gasteiger partial charge >= 0.3 is 0 Å². The van der Waals surface area contributed by atoms with Crippen molar-refractivity contribution in [3.8, 4) is 0 Å². The summed E-state index contributed by atoms with van der Waals surface area (Å²) in [6, 6.07) is 10.00. The van der Waals surface area contributed by atoms with Crippen LogP contribution < -0.4 is 11.5 Å². The molecule has 0 aliphatic carbocycles. The van der Waals surface area contributed by atoms with Crippen LogP contribution in [0.1, 0.15) is 31.2 Å². The Hall–Kier alpha value is -1.35. The van der Waals surface area contributed by atoms with Crippen molar-refractivity contribution < 1.29 is 4.79 Å². The van der Waals surface area contributed by atoms with E-state index >= 15 is 0 Å². The maximum Gasteiger partial charge on any atom is 0.218 e. The van der Waals surface area contributed by atoms with Gasteiger partial charge in [0.05, 0.1) is 0 Å². The molecule has 0 saturated carbocycles. The summed E-state index contributed by atoms with van der Waals surface area (Å²) in [4.78, 5) is 10.7.